The molecule has 1 aliphatic heterocycles. The minimum atomic E-state index is -0.847. The van der Waals surface area contributed by atoms with Crippen molar-refractivity contribution in [2.75, 3.05) is 19.1 Å². The molecule has 3 rings (SSSR count). The predicted octanol–water partition coefficient (Wildman–Crippen LogP) is 4.09. The van der Waals surface area contributed by atoms with Crippen LogP contribution in [0, 0.1) is 6.92 Å². The zero-order valence-corrected chi connectivity index (χ0v) is 18.1. The third kappa shape index (κ3) is 3.99. The van der Waals surface area contributed by atoms with E-state index in [9.17, 15) is 14.4 Å². The Morgan fingerprint density at radius 1 is 1.07 bits per heavy atom. The normalized spacial score (nSPS) is 15.6. The van der Waals surface area contributed by atoms with Crippen LogP contribution in [-0.2, 0) is 9.59 Å². The summed E-state index contributed by atoms with van der Waals surface area (Å²) in [6.07, 6.45) is 1.36. The topological polar surface area (TPSA) is 84.9 Å². The van der Waals surface area contributed by atoms with Crippen LogP contribution < -0.4 is 19.7 Å². The number of methoxy groups -OCH3 is 2. The molecule has 4 amide bonds. The SMILES string of the molecule is COc1cc(OC)c(/C=C2/C(=O)NC(=O)N(c3ccc(C)c(Cl)c3)C2=O)cc1Br. The summed E-state index contributed by atoms with van der Waals surface area (Å²) in [5.41, 5.74) is 1.27. The minimum absolute atomic E-state index is 0.225. The Balaban J connectivity index is 2.08. The number of rotatable bonds is 4. The van der Waals surface area contributed by atoms with Crippen molar-refractivity contribution in [2.45, 2.75) is 6.92 Å². The monoisotopic (exact) mass is 478 g/mol. The number of benzene rings is 2. The molecule has 0 spiro atoms. The fraction of sp³-hybridized carbons (Fsp3) is 0.150. The second kappa shape index (κ2) is 8.26. The van der Waals surface area contributed by atoms with Gasteiger partial charge in [-0.05, 0) is 52.7 Å². The Labute approximate surface area is 180 Å². The molecule has 0 aromatic heterocycles. The van der Waals surface area contributed by atoms with Gasteiger partial charge in [0.2, 0.25) is 0 Å². The second-order valence-electron chi connectivity index (χ2n) is 6.12. The second-order valence-corrected chi connectivity index (χ2v) is 7.38. The molecule has 9 heteroatoms. The lowest BCUT2D eigenvalue weighted by molar-refractivity contribution is -0.122. The van der Waals surface area contributed by atoms with E-state index in [4.69, 9.17) is 21.1 Å². The molecule has 0 unspecified atom stereocenters. The standard InChI is InChI=1S/C20H16BrClN2O5/c1-10-4-5-12(8-15(10)22)24-19(26)13(18(25)23-20(24)27)6-11-7-14(21)17(29-3)9-16(11)28-2/h4-9H,1-3H3,(H,23,25,27)/b13-6-. The van der Waals surface area contributed by atoms with Gasteiger partial charge in [0.05, 0.1) is 24.4 Å². The van der Waals surface area contributed by atoms with Crippen molar-refractivity contribution in [3.63, 3.8) is 0 Å². The fourth-order valence-electron chi connectivity index (χ4n) is 2.76. The van der Waals surface area contributed by atoms with Crippen molar-refractivity contribution in [3.8, 4) is 11.5 Å². The van der Waals surface area contributed by atoms with E-state index < -0.39 is 17.8 Å². The van der Waals surface area contributed by atoms with E-state index >= 15 is 0 Å². The van der Waals surface area contributed by atoms with Gasteiger partial charge in [-0.15, -0.1) is 0 Å². The first kappa shape index (κ1) is 20.9. The zero-order chi connectivity index (χ0) is 21.3. The number of barbiturate groups is 1. The van der Waals surface area contributed by atoms with E-state index in [1.807, 2.05) is 0 Å². The predicted molar refractivity (Wildman–Crippen MR) is 112 cm³/mol. The molecule has 1 aliphatic rings. The Kier molecular flexibility index (Phi) is 5.95. The number of aryl methyl sites for hydroxylation is 1. The summed E-state index contributed by atoms with van der Waals surface area (Å²) in [5.74, 6) is -0.661. The van der Waals surface area contributed by atoms with Gasteiger partial charge in [-0.3, -0.25) is 14.9 Å². The van der Waals surface area contributed by atoms with Crippen LogP contribution in [0.4, 0.5) is 10.5 Å². The number of urea groups is 1. The molecule has 7 nitrogen and oxygen atoms in total. The first-order valence-electron chi connectivity index (χ1n) is 8.36. The van der Waals surface area contributed by atoms with Crippen molar-refractivity contribution < 1.29 is 23.9 Å². The van der Waals surface area contributed by atoms with Crippen LogP contribution in [0.3, 0.4) is 0 Å². The maximum atomic E-state index is 13.0. The Morgan fingerprint density at radius 3 is 2.38 bits per heavy atom. The van der Waals surface area contributed by atoms with Crippen molar-refractivity contribution in [1.29, 1.82) is 0 Å². The number of carbonyl (C=O) groups is 3. The molecule has 1 saturated heterocycles. The van der Waals surface area contributed by atoms with Crippen molar-refractivity contribution in [1.82, 2.24) is 5.32 Å². The Morgan fingerprint density at radius 2 is 1.76 bits per heavy atom. The lowest BCUT2D eigenvalue weighted by atomic mass is 10.1. The zero-order valence-electron chi connectivity index (χ0n) is 15.7. The summed E-state index contributed by atoms with van der Waals surface area (Å²) >= 11 is 9.49. The largest absolute Gasteiger partial charge is 0.496 e. The first-order chi connectivity index (χ1) is 13.8. The highest BCUT2D eigenvalue weighted by molar-refractivity contribution is 9.10. The molecule has 0 aliphatic carbocycles. The average Bonchev–Trinajstić information content (AvgIpc) is 2.67. The summed E-state index contributed by atoms with van der Waals surface area (Å²) < 4.78 is 11.2. The highest BCUT2D eigenvalue weighted by Gasteiger charge is 2.37. The summed E-state index contributed by atoms with van der Waals surface area (Å²) in [4.78, 5) is 38.6. The molecule has 1 fully saturated rings. The van der Waals surface area contributed by atoms with Crippen molar-refractivity contribution in [2.24, 2.45) is 0 Å². The number of nitrogens with zero attached hydrogens (tertiary/aromatic N) is 1. The molecule has 0 atom stereocenters. The van der Waals surface area contributed by atoms with Gasteiger partial charge >= 0.3 is 6.03 Å². The van der Waals surface area contributed by atoms with Crippen molar-refractivity contribution in [3.05, 3.63) is 56.5 Å². The molecule has 29 heavy (non-hydrogen) atoms. The van der Waals surface area contributed by atoms with E-state index in [0.717, 1.165) is 10.5 Å². The smallest absolute Gasteiger partial charge is 0.335 e. The molecular formula is C20H16BrClN2O5. The maximum absolute atomic E-state index is 13.0. The van der Waals surface area contributed by atoms with Crippen LogP contribution in [0.5, 0.6) is 11.5 Å². The summed E-state index contributed by atoms with van der Waals surface area (Å²) in [7, 11) is 2.96. The molecular weight excluding hydrogens is 464 g/mol. The van der Waals surface area contributed by atoms with Gasteiger partial charge < -0.3 is 9.47 Å². The van der Waals surface area contributed by atoms with Gasteiger partial charge in [-0.2, -0.15) is 0 Å². The number of amides is 4. The highest BCUT2D eigenvalue weighted by atomic mass is 79.9. The van der Waals surface area contributed by atoms with Gasteiger partial charge in [0.25, 0.3) is 11.8 Å². The van der Waals surface area contributed by atoms with Gasteiger partial charge in [-0.25, -0.2) is 9.69 Å². The fourth-order valence-corrected chi connectivity index (χ4v) is 3.46. The van der Waals surface area contributed by atoms with Gasteiger partial charge in [0.15, 0.2) is 0 Å². The molecule has 1 N–H and O–H groups in total. The number of hydrogen-bond donors (Lipinski definition) is 1. The van der Waals surface area contributed by atoms with E-state index in [1.165, 1.54) is 26.4 Å². The third-order valence-electron chi connectivity index (χ3n) is 4.32. The molecule has 0 bridgehead atoms. The quantitative estimate of drug-likeness (QED) is 0.527. The summed E-state index contributed by atoms with van der Waals surface area (Å²) in [6.45, 7) is 1.80. The number of halogens is 2. The number of ether oxygens (including phenoxy) is 2. The number of hydrogen-bond acceptors (Lipinski definition) is 5. The molecule has 2 aromatic carbocycles. The lowest BCUT2D eigenvalue weighted by Gasteiger charge is -2.26. The highest BCUT2D eigenvalue weighted by Crippen LogP contribution is 2.35. The summed E-state index contributed by atoms with van der Waals surface area (Å²) in [6, 6.07) is 7.17. The average molecular weight is 480 g/mol. The number of carbonyl (C=O) groups excluding carboxylic acids is 3. The molecule has 150 valence electrons. The van der Waals surface area contributed by atoms with Crippen LogP contribution in [0.15, 0.2) is 40.4 Å². The van der Waals surface area contributed by atoms with E-state index in [1.54, 1.807) is 31.2 Å². The number of anilines is 1. The van der Waals surface area contributed by atoms with Crippen molar-refractivity contribution >= 4 is 57.1 Å². The van der Waals surface area contributed by atoms with Crippen LogP contribution >= 0.6 is 27.5 Å². The Bertz CT molecular complexity index is 1070. The Hall–Kier alpha value is -2.84. The summed E-state index contributed by atoms with van der Waals surface area (Å²) in [5, 5.41) is 2.57. The lowest BCUT2D eigenvalue weighted by Crippen LogP contribution is -2.54. The van der Waals surface area contributed by atoms with Crippen LogP contribution in [0.25, 0.3) is 6.08 Å². The van der Waals surface area contributed by atoms with E-state index in [-0.39, 0.29) is 11.3 Å². The minimum Gasteiger partial charge on any atom is -0.496 e. The molecule has 0 radical (unpaired) electrons. The van der Waals surface area contributed by atoms with Crippen LogP contribution in [0.1, 0.15) is 11.1 Å². The van der Waals surface area contributed by atoms with Crippen LogP contribution in [0.2, 0.25) is 5.02 Å². The maximum Gasteiger partial charge on any atom is 0.335 e. The third-order valence-corrected chi connectivity index (χ3v) is 5.35. The number of nitrogens with one attached hydrogen (secondary N) is 1. The molecule has 2 aromatic rings. The number of imide groups is 2. The van der Waals surface area contributed by atoms with Crippen LogP contribution in [-0.4, -0.2) is 32.1 Å². The van der Waals surface area contributed by atoms with Gasteiger partial charge in [0, 0.05) is 16.7 Å². The van der Waals surface area contributed by atoms with E-state index in [2.05, 4.69) is 21.2 Å². The first-order valence-corrected chi connectivity index (χ1v) is 9.53. The van der Waals surface area contributed by atoms with Gasteiger partial charge in [-0.1, -0.05) is 17.7 Å². The van der Waals surface area contributed by atoms with Gasteiger partial charge in [0.1, 0.15) is 17.1 Å². The molecule has 1 heterocycles. The molecule has 0 saturated carbocycles. The van der Waals surface area contributed by atoms with E-state index in [0.29, 0.717) is 26.6 Å².